The van der Waals surface area contributed by atoms with E-state index in [2.05, 4.69) is 20.8 Å². The minimum atomic E-state index is -0.999. The number of phenolic OH excluding ortho intramolecular Hbond substituents is 2. The number of aliphatic hydroxyl groups is 1. The smallest absolute Gasteiger partial charge is 0.300 e. The second-order valence-corrected chi connectivity index (χ2v) is 10.0. The lowest BCUT2D eigenvalue weighted by atomic mass is 9.84. The summed E-state index contributed by atoms with van der Waals surface area (Å²) in [6, 6.07) is 15.6. The Labute approximate surface area is 204 Å². The van der Waals surface area contributed by atoms with Crippen LogP contribution in [0.5, 0.6) is 11.5 Å². The van der Waals surface area contributed by atoms with Crippen LogP contribution in [0.15, 0.2) is 66.2 Å². The number of amides is 1. The van der Waals surface area contributed by atoms with Gasteiger partial charge in [-0.1, -0.05) is 51.1 Å². The Balaban J connectivity index is 2.01. The quantitative estimate of drug-likeness (QED) is 0.261. The van der Waals surface area contributed by atoms with Crippen LogP contribution in [0.4, 0.5) is 5.69 Å². The molecule has 180 valence electrons. The number of aliphatic hydroxyl groups excluding tert-OH is 1. The number of phenols is 2. The molecular formula is C29H29NO5. The fourth-order valence-electron chi connectivity index (χ4n) is 4.37. The molecular weight excluding hydrogens is 442 g/mol. The zero-order valence-corrected chi connectivity index (χ0v) is 20.5. The van der Waals surface area contributed by atoms with Gasteiger partial charge in [-0.15, -0.1) is 0 Å². The molecule has 4 rings (SSSR count). The van der Waals surface area contributed by atoms with E-state index >= 15 is 0 Å². The summed E-state index contributed by atoms with van der Waals surface area (Å²) in [4.78, 5) is 28.0. The van der Waals surface area contributed by atoms with Crippen LogP contribution in [-0.4, -0.2) is 27.0 Å². The van der Waals surface area contributed by atoms with Crippen molar-refractivity contribution in [2.75, 3.05) is 4.90 Å². The second-order valence-electron chi connectivity index (χ2n) is 10.0. The van der Waals surface area contributed by atoms with E-state index in [-0.39, 0.29) is 33.9 Å². The van der Waals surface area contributed by atoms with Crippen molar-refractivity contribution in [2.24, 2.45) is 0 Å². The molecule has 0 saturated carbocycles. The Morgan fingerprint density at radius 2 is 1.54 bits per heavy atom. The predicted octanol–water partition coefficient (Wildman–Crippen LogP) is 5.64. The Morgan fingerprint density at radius 3 is 2.17 bits per heavy atom. The lowest BCUT2D eigenvalue weighted by Crippen LogP contribution is -2.29. The number of anilines is 1. The van der Waals surface area contributed by atoms with Crippen LogP contribution in [0.1, 0.15) is 54.6 Å². The van der Waals surface area contributed by atoms with E-state index < -0.39 is 17.7 Å². The molecule has 0 spiro atoms. The number of hydrogen-bond donors (Lipinski definition) is 3. The molecule has 0 aliphatic carbocycles. The molecule has 6 heteroatoms. The van der Waals surface area contributed by atoms with Gasteiger partial charge in [0.15, 0.2) is 0 Å². The van der Waals surface area contributed by atoms with Crippen molar-refractivity contribution >= 4 is 23.1 Å². The summed E-state index contributed by atoms with van der Waals surface area (Å²) >= 11 is 0. The first-order chi connectivity index (χ1) is 16.4. The third-order valence-corrected chi connectivity index (χ3v) is 6.40. The van der Waals surface area contributed by atoms with Crippen molar-refractivity contribution in [1.82, 2.24) is 0 Å². The van der Waals surface area contributed by atoms with Crippen LogP contribution >= 0.6 is 0 Å². The van der Waals surface area contributed by atoms with Crippen molar-refractivity contribution in [2.45, 2.75) is 46.1 Å². The van der Waals surface area contributed by atoms with Crippen molar-refractivity contribution in [3.63, 3.8) is 0 Å². The van der Waals surface area contributed by atoms with E-state index in [1.807, 2.05) is 32.0 Å². The molecule has 1 heterocycles. The molecule has 1 amide bonds. The number of hydrogen-bond acceptors (Lipinski definition) is 5. The summed E-state index contributed by atoms with van der Waals surface area (Å²) in [5.74, 6) is -2.11. The molecule has 1 fully saturated rings. The molecule has 1 aliphatic heterocycles. The van der Waals surface area contributed by atoms with Crippen LogP contribution in [0.25, 0.3) is 5.76 Å². The summed E-state index contributed by atoms with van der Waals surface area (Å²) in [6.45, 7) is 9.81. The lowest BCUT2D eigenvalue weighted by molar-refractivity contribution is -0.132. The molecule has 3 aromatic carbocycles. The molecule has 1 aliphatic rings. The Hall–Kier alpha value is -4.06. The van der Waals surface area contributed by atoms with Crippen LogP contribution in [0.2, 0.25) is 0 Å². The number of ketones is 1. The maximum absolute atomic E-state index is 13.4. The maximum Gasteiger partial charge on any atom is 0.300 e. The molecule has 35 heavy (non-hydrogen) atoms. The normalized spacial score (nSPS) is 17.7. The average Bonchev–Trinajstić information content (AvgIpc) is 3.05. The highest BCUT2D eigenvalue weighted by Gasteiger charge is 2.48. The highest BCUT2D eigenvalue weighted by Crippen LogP contribution is 2.45. The molecule has 1 unspecified atom stereocenters. The summed E-state index contributed by atoms with van der Waals surface area (Å²) in [6.07, 6.45) is 0. The third kappa shape index (κ3) is 4.28. The molecule has 6 nitrogen and oxygen atoms in total. The number of carbonyl (C=O) groups excluding carboxylic acids is 2. The first-order valence-electron chi connectivity index (χ1n) is 11.4. The lowest BCUT2D eigenvalue weighted by Gasteiger charge is -2.26. The Kier molecular flexibility index (Phi) is 5.93. The van der Waals surface area contributed by atoms with Crippen LogP contribution in [-0.2, 0) is 15.0 Å². The van der Waals surface area contributed by atoms with Crippen molar-refractivity contribution in [1.29, 1.82) is 0 Å². The zero-order chi connectivity index (χ0) is 25.7. The highest BCUT2D eigenvalue weighted by molar-refractivity contribution is 6.52. The van der Waals surface area contributed by atoms with Gasteiger partial charge in [0, 0.05) is 5.56 Å². The fourth-order valence-corrected chi connectivity index (χ4v) is 4.37. The maximum atomic E-state index is 13.4. The van der Waals surface area contributed by atoms with E-state index in [0.717, 1.165) is 16.7 Å². The molecule has 0 bridgehead atoms. The third-order valence-electron chi connectivity index (χ3n) is 6.40. The summed E-state index contributed by atoms with van der Waals surface area (Å²) in [7, 11) is 0. The monoisotopic (exact) mass is 471 g/mol. The number of rotatable bonds is 3. The van der Waals surface area contributed by atoms with Gasteiger partial charge < -0.3 is 15.3 Å². The van der Waals surface area contributed by atoms with E-state index in [4.69, 9.17) is 0 Å². The summed E-state index contributed by atoms with van der Waals surface area (Å²) in [5, 5.41) is 31.9. The first kappa shape index (κ1) is 24.1. The number of aryl methyl sites for hydroxylation is 2. The molecule has 3 N–H and O–H groups in total. The predicted molar refractivity (Wildman–Crippen MR) is 136 cm³/mol. The number of Topliss-reactive ketones (excluding diaryl/α,β-unsaturated/α-hetero) is 1. The van der Waals surface area contributed by atoms with Crippen LogP contribution in [0, 0.1) is 13.8 Å². The largest absolute Gasteiger partial charge is 0.508 e. The molecule has 1 saturated heterocycles. The summed E-state index contributed by atoms with van der Waals surface area (Å²) < 4.78 is 0. The summed E-state index contributed by atoms with van der Waals surface area (Å²) in [5.41, 5.74) is 3.39. The molecule has 0 aromatic heterocycles. The number of nitrogens with zero attached hydrogens (tertiary/aromatic N) is 1. The van der Waals surface area contributed by atoms with Gasteiger partial charge >= 0.3 is 0 Å². The van der Waals surface area contributed by atoms with Crippen molar-refractivity contribution < 1.29 is 24.9 Å². The number of aromatic hydroxyl groups is 2. The molecule has 3 aromatic rings. The van der Waals surface area contributed by atoms with Gasteiger partial charge in [0.25, 0.3) is 11.7 Å². The molecule has 0 radical (unpaired) electrons. The van der Waals surface area contributed by atoms with E-state index in [9.17, 15) is 24.9 Å². The van der Waals surface area contributed by atoms with Gasteiger partial charge in [0.05, 0.1) is 17.3 Å². The topological polar surface area (TPSA) is 98.1 Å². The van der Waals surface area contributed by atoms with Gasteiger partial charge in [-0.2, -0.15) is 0 Å². The van der Waals surface area contributed by atoms with E-state index in [0.29, 0.717) is 11.1 Å². The first-order valence-corrected chi connectivity index (χ1v) is 11.4. The minimum absolute atomic E-state index is 0.0258. The highest BCUT2D eigenvalue weighted by atomic mass is 16.3. The van der Waals surface area contributed by atoms with E-state index in [1.165, 1.54) is 23.1 Å². The number of carbonyl (C=O) groups is 2. The van der Waals surface area contributed by atoms with Gasteiger partial charge in [0.2, 0.25) is 0 Å². The van der Waals surface area contributed by atoms with Gasteiger partial charge in [-0.3, -0.25) is 14.5 Å². The zero-order valence-electron chi connectivity index (χ0n) is 20.5. The van der Waals surface area contributed by atoms with Gasteiger partial charge in [-0.05, 0) is 71.8 Å². The van der Waals surface area contributed by atoms with Crippen molar-refractivity contribution in [3.8, 4) is 11.5 Å². The molecule has 1 atom stereocenters. The van der Waals surface area contributed by atoms with Gasteiger partial charge in [0.1, 0.15) is 17.3 Å². The van der Waals surface area contributed by atoms with Gasteiger partial charge in [-0.25, -0.2) is 0 Å². The fraction of sp³-hybridized carbons (Fsp3) is 0.241. The SMILES string of the molecule is Cc1ccc(O)c(N2C(=O)C(=O)/C(=C(/O)c3cc(C(C)(C)C)ccc3C)C2c2ccc(O)cc2)c1. The van der Waals surface area contributed by atoms with Crippen LogP contribution in [0.3, 0.4) is 0 Å². The Morgan fingerprint density at radius 1 is 0.886 bits per heavy atom. The van der Waals surface area contributed by atoms with E-state index in [1.54, 1.807) is 24.3 Å². The second kappa shape index (κ2) is 8.62. The van der Waals surface area contributed by atoms with Crippen LogP contribution < -0.4 is 4.90 Å². The standard InChI is InChI=1S/C29H29NO5/c1-16-6-13-23(32)22(14-16)30-25(18-8-11-20(31)12-9-18)24(27(34)28(30)35)26(33)21-15-19(29(3,4)5)10-7-17(21)2/h6-15,25,31-33H,1-5H3/b26-24+. The number of benzene rings is 3. The average molecular weight is 472 g/mol. The van der Waals surface area contributed by atoms with Crippen molar-refractivity contribution in [3.05, 3.63) is 94.1 Å². The Bertz CT molecular complexity index is 1360. The minimum Gasteiger partial charge on any atom is -0.508 e.